The minimum atomic E-state index is 0.0239. The van der Waals surface area contributed by atoms with E-state index in [1.165, 1.54) is 11.3 Å². The lowest BCUT2D eigenvalue weighted by Crippen LogP contribution is -2.05. The van der Waals surface area contributed by atoms with Crippen LogP contribution in [-0.4, -0.2) is 0 Å². The van der Waals surface area contributed by atoms with E-state index in [4.69, 9.17) is 46.4 Å². The first kappa shape index (κ1) is 14.3. The zero-order chi connectivity index (χ0) is 13.3. The van der Waals surface area contributed by atoms with Crippen molar-refractivity contribution >= 4 is 63.4 Å². The number of benzene rings is 1. The Morgan fingerprint density at radius 3 is 2.11 bits per heavy atom. The zero-order valence-electron chi connectivity index (χ0n) is 9.31. The van der Waals surface area contributed by atoms with Crippen molar-refractivity contribution < 1.29 is 0 Å². The van der Waals surface area contributed by atoms with Gasteiger partial charge in [0, 0.05) is 21.3 Å². The largest absolute Gasteiger partial charge is 0.378 e. The molecule has 1 unspecified atom stereocenters. The lowest BCUT2D eigenvalue weighted by atomic mass is 10.1. The van der Waals surface area contributed by atoms with Gasteiger partial charge in [0.05, 0.1) is 14.7 Å². The molecule has 0 fully saturated rings. The van der Waals surface area contributed by atoms with Crippen LogP contribution in [0.25, 0.3) is 0 Å². The van der Waals surface area contributed by atoms with Gasteiger partial charge in [0.2, 0.25) is 0 Å². The van der Waals surface area contributed by atoms with E-state index in [0.29, 0.717) is 18.7 Å². The van der Waals surface area contributed by atoms with E-state index in [2.05, 4.69) is 5.32 Å². The number of hydrogen-bond acceptors (Lipinski definition) is 2. The normalized spacial score (nSPS) is 12.5. The first-order valence-corrected chi connectivity index (χ1v) is 7.46. The van der Waals surface area contributed by atoms with E-state index in [1.807, 2.05) is 25.1 Å². The highest BCUT2D eigenvalue weighted by molar-refractivity contribution is 7.20. The zero-order valence-corrected chi connectivity index (χ0v) is 13.1. The van der Waals surface area contributed by atoms with Crippen molar-refractivity contribution in [1.29, 1.82) is 0 Å². The monoisotopic (exact) mass is 339 g/mol. The molecule has 1 aromatic carbocycles. The topological polar surface area (TPSA) is 12.0 Å². The minimum absolute atomic E-state index is 0.0239. The molecule has 1 N–H and O–H groups in total. The molecule has 1 aromatic heterocycles. The van der Waals surface area contributed by atoms with Gasteiger partial charge in [0.15, 0.2) is 0 Å². The summed E-state index contributed by atoms with van der Waals surface area (Å²) < 4.78 is 1.36. The van der Waals surface area contributed by atoms with Gasteiger partial charge in [-0.15, -0.1) is 11.3 Å². The molecule has 0 saturated carbocycles. The third-order valence-corrected chi connectivity index (χ3v) is 4.35. The van der Waals surface area contributed by atoms with E-state index in [-0.39, 0.29) is 6.04 Å². The maximum Gasteiger partial charge on any atom is 0.0996 e. The Labute approximate surface area is 130 Å². The second-order valence-electron chi connectivity index (χ2n) is 3.80. The van der Waals surface area contributed by atoms with Gasteiger partial charge in [-0.1, -0.05) is 46.4 Å². The average Bonchev–Trinajstić information content (AvgIpc) is 2.56. The highest BCUT2D eigenvalue weighted by atomic mass is 35.5. The summed E-state index contributed by atoms with van der Waals surface area (Å²) in [6.07, 6.45) is 0. The molecule has 0 aliphatic heterocycles. The highest BCUT2D eigenvalue weighted by Gasteiger charge is 2.13. The van der Waals surface area contributed by atoms with E-state index >= 15 is 0 Å². The molecule has 1 heterocycles. The van der Waals surface area contributed by atoms with Gasteiger partial charge >= 0.3 is 0 Å². The Balaban J connectivity index is 2.20. The standard InChI is InChI=1S/C12H9Cl4NS/c1-6(10-5-11(15)18-12(10)16)17-9-3-7(13)2-8(14)4-9/h2-6,17H,1H3. The summed E-state index contributed by atoms with van der Waals surface area (Å²) in [5.41, 5.74) is 1.81. The van der Waals surface area contributed by atoms with Crippen LogP contribution in [-0.2, 0) is 0 Å². The second kappa shape index (κ2) is 5.89. The van der Waals surface area contributed by atoms with Gasteiger partial charge < -0.3 is 5.32 Å². The van der Waals surface area contributed by atoms with Gasteiger partial charge in [-0.2, -0.15) is 0 Å². The summed E-state index contributed by atoms with van der Waals surface area (Å²) in [5, 5.41) is 4.47. The molecular formula is C12H9Cl4NS. The number of halogens is 4. The third-order valence-electron chi connectivity index (χ3n) is 2.40. The van der Waals surface area contributed by atoms with Crippen LogP contribution in [0.5, 0.6) is 0 Å². The number of thiophene rings is 1. The second-order valence-corrected chi connectivity index (χ2v) is 6.96. The predicted octanol–water partition coefficient (Wildman–Crippen LogP) is 6.53. The van der Waals surface area contributed by atoms with Gasteiger partial charge in [-0.25, -0.2) is 0 Å². The Bertz CT molecular complexity index is 547. The molecule has 1 nitrogen and oxygen atoms in total. The maximum absolute atomic E-state index is 6.11. The fraction of sp³-hybridized carbons (Fsp3) is 0.167. The van der Waals surface area contributed by atoms with E-state index < -0.39 is 0 Å². The van der Waals surface area contributed by atoms with E-state index in [9.17, 15) is 0 Å². The Morgan fingerprint density at radius 1 is 1.00 bits per heavy atom. The maximum atomic E-state index is 6.11. The number of anilines is 1. The van der Waals surface area contributed by atoms with Crippen LogP contribution < -0.4 is 5.32 Å². The number of hydrogen-bond donors (Lipinski definition) is 1. The van der Waals surface area contributed by atoms with E-state index in [1.54, 1.807) is 6.07 Å². The smallest absolute Gasteiger partial charge is 0.0996 e. The van der Waals surface area contributed by atoms with Gasteiger partial charge in [0.25, 0.3) is 0 Å². The molecule has 0 aliphatic carbocycles. The van der Waals surface area contributed by atoms with Crippen LogP contribution in [0.15, 0.2) is 24.3 Å². The first-order valence-electron chi connectivity index (χ1n) is 5.13. The quantitative estimate of drug-likeness (QED) is 0.669. The van der Waals surface area contributed by atoms with Gasteiger partial charge in [0.1, 0.15) is 0 Å². The van der Waals surface area contributed by atoms with Crippen molar-refractivity contribution in [3.8, 4) is 0 Å². The summed E-state index contributed by atoms with van der Waals surface area (Å²) in [5.74, 6) is 0. The third kappa shape index (κ3) is 3.46. The van der Waals surface area contributed by atoms with Crippen molar-refractivity contribution in [2.24, 2.45) is 0 Å². The van der Waals surface area contributed by atoms with Crippen molar-refractivity contribution in [3.05, 3.63) is 48.5 Å². The van der Waals surface area contributed by atoms with Gasteiger partial charge in [-0.05, 0) is 31.2 Å². The summed E-state index contributed by atoms with van der Waals surface area (Å²) >= 11 is 25.3. The summed E-state index contributed by atoms with van der Waals surface area (Å²) in [7, 11) is 0. The van der Waals surface area contributed by atoms with E-state index in [0.717, 1.165) is 11.3 Å². The molecule has 0 spiro atoms. The van der Waals surface area contributed by atoms with Crippen LogP contribution in [0.4, 0.5) is 5.69 Å². The molecule has 18 heavy (non-hydrogen) atoms. The lowest BCUT2D eigenvalue weighted by Gasteiger charge is -2.15. The summed E-state index contributed by atoms with van der Waals surface area (Å²) in [6.45, 7) is 2.00. The number of rotatable bonds is 3. The molecule has 0 radical (unpaired) electrons. The summed E-state index contributed by atoms with van der Waals surface area (Å²) in [6, 6.07) is 7.19. The summed E-state index contributed by atoms with van der Waals surface area (Å²) in [4.78, 5) is 0. The molecule has 0 bridgehead atoms. The molecule has 2 aromatic rings. The Morgan fingerprint density at radius 2 is 1.61 bits per heavy atom. The minimum Gasteiger partial charge on any atom is -0.378 e. The van der Waals surface area contributed by atoms with Crippen LogP contribution in [0.2, 0.25) is 18.7 Å². The van der Waals surface area contributed by atoms with Crippen molar-refractivity contribution in [1.82, 2.24) is 0 Å². The molecular weight excluding hydrogens is 332 g/mol. The highest BCUT2D eigenvalue weighted by Crippen LogP contribution is 2.36. The molecule has 0 amide bonds. The molecule has 6 heteroatoms. The molecule has 1 atom stereocenters. The van der Waals surface area contributed by atoms with Crippen LogP contribution in [0, 0.1) is 0 Å². The van der Waals surface area contributed by atoms with Crippen molar-refractivity contribution in [2.45, 2.75) is 13.0 Å². The Hall–Kier alpha value is -0.120. The fourth-order valence-electron chi connectivity index (χ4n) is 1.61. The van der Waals surface area contributed by atoms with Crippen molar-refractivity contribution in [2.75, 3.05) is 5.32 Å². The molecule has 2 rings (SSSR count). The fourth-order valence-corrected chi connectivity index (χ4v) is 3.78. The lowest BCUT2D eigenvalue weighted by molar-refractivity contribution is 0.891. The van der Waals surface area contributed by atoms with Crippen LogP contribution >= 0.6 is 57.7 Å². The molecule has 0 aliphatic rings. The molecule has 0 saturated heterocycles. The SMILES string of the molecule is CC(Nc1cc(Cl)cc(Cl)c1)c1cc(Cl)sc1Cl. The first-order chi connectivity index (χ1) is 8.45. The number of nitrogens with one attached hydrogen (secondary N) is 1. The Kier molecular flexibility index (Phi) is 4.68. The van der Waals surface area contributed by atoms with Gasteiger partial charge in [-0.3, -0.25) is 0 Å². The van der Waals surface area contributed by atoms with Crippen molar-refractivity contribution in [3.63, 3.8) is 0 Å². The predicted molar refractivity (Wildman–Crippen MR) is 82.8 cm³/mol. The van der Waals surface area contributed by atoms with Crippen LogP contribution in [0.3, 0.4) is 0 Å². The van der Waals surface area contributed by atoms with Crippen LogP contribution in [0.1, 0.15) is 18.5 Å². The average molecular weight is 341 g/mol. The molecule has 96 valence electrons.